The molecule has 3 aromatic rings. The number of para-hydroxylation sites is 2. The molecule has 0 spiro atoms. The van der Waals surface area contributed by atoms with Gasteiger partial charge >= 0.3 is 5.97 Å². The lowest BCUT2D eigenvalue weighted by Crippen LogP contribution is -2.50. The Bertz CT molecular complexity index is 1160. The number of nitrogens with zero attached hydrogens (tertiary/aromatic N) is 2. The van der Waals surface area contributed by atoms with Gasteiger partial charge in [-0.2, -0.15) is 0 Å². The van der Waals surface area contributed by atoms with Gasteiger partial charge in [-0.05, 0) is 68.0 Å². The molecule has 33 heavy (non-hydrogen) atoms. The van der Waals surface area contributed by atoms with E-state index in [2.05, 4.69) is 52.3 Å². The fourth-order valence-corrected chi connectivity index (χ4v) is 6.04. The second kappa shape index (κ2) is 8.23. The molecule has 6 rings (SSSR count). The van der Waals surface area contributed by atoms with Crippen molar-refractivity contribution in [1.29, 1.82) is 0 Å². The lowest BCUT2D eigenvalue weighted by atomic mass is 9.93. The molecule has 168 valence electrons. The summed E-state index contributed by atoms with van der Waals surface area (Å²) in [7, 11) is 0. The van der Waals surface area contributed by atoms with Gasteiger partial charge in [0.1, 0.15) is 0 Å². The summed E-state index contributed by atoms with van der Waals surface area (Å²) in [6.45, 7) is 1.12. The van der Waals surface area contributed by atoms with E-state index < -0.39 is 5.97 Å². The third kappa shape index (κ3) is 3.66. The van der Waals surface area contributed by atoms with Crippen molar-refractivity contribution >= 4 is 17.3 Å². The maximum absolute atomic E-state index is 11.5. The molecule has 0 radical (unpaired) electrons. The molecule has 2 saturated heterocycles. The van der Waals surface area contributed by atoms with E-state index in [4.69, 9.17) is 4.74 Å². The van der Waals surface area contributed by atoms with Crippen molar-refractivity contribution in [3.63, 3.8) is 0 Å². The SMILES string of the molecule is O=C(O)c1ccc2c(c1)Oc1ccccc1N2C1CC2CCC(C1)N2CCc1ccccc1. The first kappa shape index (κ1) is 20.3. The zero-order valence-electron chi connectivity index (χ0n) is 18.6. The summed E-state index contributed by atoms with van der Waals surface area (Å²) in [6.07, 6.45) is 5.83. The Hall–Kier alpha value is -3.31. The summed E-state index contributed by atoms with van der Waals surface area (Å²) in [5.74, 6) is 0.496. The van der Waals surface area contributed by atoms with Crippen LogP contribution in [0.2, 0.25) is 0 Å². The summed E-state index contributed by atoms with van der Waals surface area (Å²) < 4.78 is 6.15. The Morgan fingerprint density at radius 1 is 0.848 bits per heavy atom. The van der Waals surface area contributed by atoms with Crippen molar-refractivity contribution in [2.24, 2.45) is 0 Å². The normalized spacial score (nSPS) is 23.5. The summed E-state index contributed by atoms with van der Waals surface area (Å²) in [6, 6.07) is 25.7. The second-order valence-corrected chi connectivity index (χ2v) is 9.41. The van der Waals surface area contributed by atoms with Crippen molar-refractivity contribution in [2.45, 2.75) is 50.2 Å². The van der Waals surface area contributed by atoms with Crippen LogP contribution >= 0.6 is 0 Å². The Morgan fingerprint density at radius 3 is 2.30 bits per heavy atom. The van der Waals surface area contributed by atoms with Gasteiger partial charge in [0.05, 0.1) is 16.9 Å². The summed E-state index contributed by atoms with van der Waals surface area (Å²) in [5.41, 5.74) is 3.71. The number of rotatable bonds is 5. The molecule has 3 aromatic carbocycles. The number of aromatic carboxylic acids is 1. The molecule has 2 fully saturated rings. The predicted octanol–water partition coefficient (Wildman–Crippen LogP) is 5.87. The highest BCUT2D eigenvalue weighted by Gasteiger charge is 2.44. The molecule has 5 nitrogen and oxygen atoms in total. The summed E-state index contributed by atoms with van der Waals surface area (Å²) >= 11 is 0. The van der Waals surface area contributed by atoms with Crippen LogP contribution in [0.1, 0.15) is 41.6 Å². The van der Waals surface area contributed by atoms with Gasteiger partial charge in [0.2, 0.25) is 0 Å². The van der Waals surface area contributed by atoms with Crippen molar-refractivity contribution in [2.75, 3.05) is 11.4 Å². The van der Waals surface area contributed by atoms with Crippen LogP contribution in [0.5, 0.6) is 11.5 Å². The predicted molar refractivity (Wildman–Crippen MR) is 129 cm³/mol. The molecule has 0 amide bonds. The maximum atomic E-state index is 11.5. The third-order valence-electron chi connectivity index (χ3n) is 7.54. The molecule has 0 aromatic heterocycles. The van der Waals surface area contributed by atoms with Crippen LogP contribution in [0, 0.1) is 0 Å². The van der Waals surface area contributed by atoms with E-state index in [-0.39, 0.29) is 5.56 Å². The standard InChI is InChI=1S/C28H28N2O3/c31-28(32)20-10-13-25-27(16-20)33-26-9-5-4-8-24(26)30(25)23-17-21-11-12-22(18-23)29(21)15-14-19-6-2-1-3-7-19/h1-10,13,16,21-23H,11-12,14-15,17-18H2,(H,31,32). The number of fused-ring (bicyclic) bond motifs is 4. The van der Waals surface area contributed by atoms with Gasteiger partial charge in [-0.1, -0.05) is 42.5 Å². The van der Waals surface area contributed by atoms with Gasteiger partial charge in [-0.15, -0.1) is 0 Å². The monoisotopic (exact) mass is 440 g/mol. The first-order valence-electron chi connectivity index (χ1n) is 11.9. The van der Waals surface area contributed by atoms with Gasteiger partial charge in [0.15, 0.2) is 11.5 Å². The van der Waals surface area contributed by atoms with E-state index in [0.29, 0.717) is 23.9 Å². The minimum absolute atomic E-state index is 0.254. The van der Waals surface area contributed by atoms with Crippen LogP contribution in [0.25, 0.3) is 0 Å². The molecule has 1 N–H and O–H groups in total. The van der Waals surface area contributed by atoms with Crippen LogP contribution in [0.4, 0.5) is 11.4 Å². The first-order chi connectivity index (χ1) is 16.2. The Kier molecular flexibility index (Phi) is 5.07. The highest BCUT2D eigenvalue weighted by molar-refractivity contribution is 5.90. The van der Waals surface area contributed by atoms with Crippen LogP contribution in [-0.4, -0.2) is 40.6 Å². The molecule has 0 saturated carbocycles. The van der Waals surface area contributed by atoms with Gasteiger partial charge < -0.3 is 14.7 Å². The number of carboxylic acid groups (broad SMARTS) is 1. The maximum Gasteiger partial charge on any atom is 0.335 e. The Morgan fingerprint density at radius 2 is 1.55 bits per heavy atom. The lowest BCUT2D eigenvalue weighted by molar-refractivity contribution is 0.0696. The number of piperidine rings is 1. The van der Waals surface area contributed by atoms with E-state index in [9.17, 15) is 9.90 Å². The molecule has 0 aliphatic carbocycles. The quantitative estimate of drug-likeness (QED) is 0.538. The molecule has 5 heteroatoms. The molecule has 2 unspecified atom stereocenters. The Balaban J connectivity index is 1.27. The molecule has 3 heterocycles. The number of ether oxygens (including phenoxy) is 1. The lowest BCUT2D eigenvalue weighted by Gasteiger charge is -2.46. The van der Waals surface area contributed by atoms with Crippen LogP contribution < -0.4 is 9.64 Å². The fourth-order valence-electron chi connectivity index (χ4n) is 6.04. The van der Waals surface area contributed by atoms with Gasteiger partial charge in [-0.25, -0.2) is 4.79 Å². The second-order valence-electron chi connectivity index (χ2n) is 9.41. The number of benzene rings is 3. The molecular weight excluding hydrogens is 412 g/mol. The number of hydrogen-bond donors (Lipinski definition) is 1. The third-order valence-corrected chi connectivity index (χ3v) is 7.54. The fraction of sp³-hybridized carbons (Fsp3) is 0.321. The summed E-state index contributed by atoms with van der Waals surface area (Å²) in [5, 5.41) is 9.46. The van der Waals surface area contributed by atoms with Gasteiger partial charge in [0, 0.05) is 24.7 Å². The van der Waals surface area contributed by atoms with Crippen molar-refractivity contribution in [3.8, 4) is 11.5 Å². The highest BCUT2D eigenvalue weighted by atomic mass is 16.5. The van der Waals surface area contributed by atoms with Crippen LogP contribution in [-0.2, 0) is 6.42 Å². The van der Waals surface area contributed by atoms with E-state index in [1.165, 1.54) is 18.4 Å². The largest absolute Gasteiger partial charge is 0.478 e. The van der Waals surface area contributed by atoms with E-state index in [1.54, 1.807) is 12.1 Å². The average Bonchev–Trinajstić information content (AvgIpc) is 3.08. The topological polar surface area (TPSA) is 53.0 Å². The molecular formula is C28H28N2O3. The summed E-state index contributed by atoms with van der Waals surface area (Å²) in [4.78, 5) is 16.7. The Labute approximate surface area is 194 Å². The molecule has 2 bridgehead atoms. The van der Waals surface area contributed by atoms with Crippen molar-refractivity contribution in [3.05, 3.63) is 83.9 Å². The van der Waals surface area contributed by atoms with Crippen molar-refractivity contribution in [1.82, 2.24) is 4.90 Å². The van der Waals surface area contributed by atoms with Crippen molar-refractivity contribution < 1.29 is 14.6 Å². The smallest absolute Gasteiger partial charge is 0.335 e. The zero-order valence-corrected chi connectivity index (χ0v) is 18.6. The van der Waals surface area contributed by atoms with Crippen LogP contribution in [0.3, 0.4) is 0 Å². The van der Waals surface area contributed by atoms with Gasteiger partial charge in [0.25, 0.3) is 0 Å². The zero-order chi connectivity index (χ0) is 22.4. The van der Waals surface area contributed by atoms with Gasteiger partial charge in [-0.3, -0.25) is 4.90 Å². The van der Waals surface area contributed by atoms with E-state index >= 15 is 0 Å². The minimum Gasteiger partial charge on any atom is -0.478 e. The number of carboxylic acids is 1. The van der Waals surface area contributed by atoms with Crippen LogP contribution in [0.15, 0.2) is 72.8 Å². The number of anilines is 2. The highest BCUT2D eigenvalue weighted by Crippen LogP contribution is 2.51. The van der Waals surface area contributed by atoms with E-state index in [1.807, 2.05) is 18.2 Å². The average molecular weight is 441 g/mol. The minimum atomic E-state index is -0.934. The number of carbonyl (C=O) groups is 1. The molecule has 2 atom stereocenters. The first-order valence-corrected chi connectivity index (χ1v) is 11.9. The molecule has 3 aliphatic rings. The number of hydrogen-bond acceptors (Lipinski definition) is 4. The molecule has 3 aliphatic heterocycles. The van der Waals surface area contributed by atoms with E-state index in [0.717, 1.165) is 42.9 Å².